The summed E-state index contributed by atoms with van der Waals surface area (Å²) in [5.74, 6) is -1.86. The highest BCUT2D eigenvalue weighted by molar-refractivity contribution is 6.35. The van der Waals surface area contributed by atoms with Crippen molar-refractivity contribution in [3.8, 4) is 11.3 Å². The van der Waals surface area contributed by atoms with Crippen LogP contribution in [0.3, 0.4) is 0 Å². The van der Waals surface area contributed by atoms with Crippen LogP contribution in [-0.2, 0) is 4.79 Å². The first-order valence-electron chi connectivity index (χ1n) is 11.1. The van der Waals surface area contributed by atoms with Gasteiger partial charge < -0.3 is 10.2 Å². The third kappa shape index (κ3) is 4.40. The van der Waals surface area contributed by atoms with Crippen LogP contribution < -0.4 is 5.32 Å². The molecular weight excluding hydrogens is 487 g/mol. The minimum atomic E-state index is -0.701. The molecule has 0 radical (unpaired) electrons. The molecule has 5 rings (SSSR count). The van der Waals surface area contributed by atoms with E-state index in [4.69, 9.17) is 16.7 Å². The van der Waals surface area contributed by atoms with Gasteiger partial charge in [0.05, 0.1) is 16.6 Å². The molecule has 36 heavy (non-hydrogen) atoms. The fourth-order valence-corrected chi connectivity index (χ4v) is 4.46. The topological polar surface area (TPSA) is 119 Å². The van der Waals surface area contributed by atoms with Gasteiger partial charge in [0.25, 0.3) is 5.91 Å². The van der Waals surface area contributed by atoms with Crippen LogP contribution in [0, 0.1) is 5.82 Å². The maximum absolute atomic E-state index is 13.8. The van der Waals surface area contributed by atoms with Crippen molar-refractivity contribution in [1.29, 1.82) is 0 Å². The van der Waals surface area contributed by atoms with Crippen molar-refractivity contribution in [2.75, 3.05) is 18.4 Å². The molecule has 1 fully saturated rings. The fourth-order valence-electron chi connectivity index (χ4n) is 4.22. The highest BCUT2D eigenvalue weighted by Crippen LogP contribution is 2.35. The number of anilines is 1. The number of piperidine rings is 1. The molecule has 0 aromatic carbocycles. The lowest BCUT2D eigenvalue weighted by Crippen LogP contribution is -2.40. The standard InChI is InChI=1S/C24H20ClFN8O2/c1-2-19(35)33-8-4-5-15(13-33)34-21-16(11-27-12-17(21)25)20(32-34)14-9-29-23(30-10-14)24(36)31-22-18(26)6-3-7-28-22/h2-3,6-7,9-12,15H,1,4-5,8,13H2,(H,28,31,36). The number of likely N-dealkylation sites (tertiary alicyclic amines) is 1. The van der Waals surface area contributed by atoms with Gasteiger partial charge in [0.15, 0.2) is 11.6 Å². The molecule has 2 amide bonds. The van der Waals surface area contributed by atoms with Gasteiger partial charge in [-0.15, -0.1) is 0 Å². The minimum absolute atomic E-state index is 0.0990. The first-order chi connectivity index (χ1) is 17.5. The van der Waals surface area contributed by atoms with Crippen molar-refractivity contribution in [3.63, 3.8) is 0 Å². The molecule has 0 spiro atoms. The van der Waals surface area contributed by atoms with Crippen LogP contribution in [0.2, 0.25) is 5.02 Å². The second-order valence-electron chi connectivity index (χ2n) is 8.18. The zero-order valence-electron chi connectivity index (χ0n) is 18.9. The van der Waals surface area contributed by atoms with Crippen LogP contribution in [-0.4, -0.2) is 59.5 Å². The first-order valence-corrected chi connectivity index (χ1v) is 11.5. The number of pyridine rings is 2. The van der Waals surface area contributed by atoms with E-state index in [0.29, 0.717) is 40.3 Å². The SMILES string of the molecule is C=CC(=O)N1CCCC(n2nc(-c3cnc(C(=O)Nc4ncccc4F)nc3)c3cncc(Cl)c32)C1. The Morgan fingerprint density at radius 3 is 2.75 bits per heavy atom. The number of carbonyl (C=O) groups excluding carboxylic acids is 2. The Morgan fingerprint density at radius 2 is 2.00 bits per heavy atom. The highest BCUT2D eigenvalue weighted by atomic mass is 35.5. The Kier molecular flexibility index (Phi) is 6.38. The molecule has 5 heterocycles. The van der Waals surface area contributed by atoms with Gasteiger partial charge in [-0.3, -0.25) is 19.3 Å². The smallest absolute Gasteiger partial charge is 0.294 e. The van der Waals surface area contributed by atoms with Gasteiger partial charge in [-0.25, -0.2) is 19.3 Å². The summed E-state index contributed by atoms with van der Waals surface area (Å²) in [4.78, 5) is 42.7. The normalized spacial score (nSPS) is 15.6. The summed E-state index contributed by atoms with van der Waals surface area (Å²) >= 11 is 6.52. The predicted molar refractivity (Wildman–Crippen MR) is 131 cm³/mol. The van der Waals surface area contributed by atoms with Gasteiger partial charge in [0.2, 0.25) is 11.7 Å². The number of carbonyl (C=O) groups is 2. The number of hydrogen-bond donors (Lipinski definition) is 1. The van der Waals surface area contributed by atoms with E-state index in [1.165, 1.54) is 36.8 Å². The first kappa shape index (κ1) is 23.5. The van der Waals surface area contributed by atoms with Crippen LogP contribution >= 0.6 is 11.6 Å². The Bertz CT molecular complexity index is 1470. The molecule has 4 aromatic heterocycles. The maximum atomic E-state index is 13.8. The van der Waals surface area contributed by atoms with E-state index in [2.05, 4.69) is 31.8 Å². The molecule has 1 unspecified atom stereocenters. The lowest BCUT2D eigenvalue weighted by atomic mass is 10.1. The number of amides is 2. The molecule has 12 heteroatoms. The third-order valence-corrected chi connectivity index (χ3v) is 6.19. The average Bonchev–Trinajstić information content (AvgIpc) is 3.31. The van der Waals surface area contributed by atoms with E-state index in [0.717, 1.165) is 12.8 Å². The largest absolute Gasteiger partial charge is 0.337 e. The number of nitrogens with zero attached hydrogens (tertiary/aromatic N) is 7. The van der Waals surface area contributed by atoms with Crippen molar-refractivity contribution < 1.29 is 14.0 Å². The summed E-state index contributed by atoms with van der Waals surface area (Å²) in [6, 6.07) is 2.51. The Labute approximate surface area is 209 Å². The number of hydrogen-bond acceptors (Lipinski definition) is 7. The molecule has 1 saturated heterocycles. The highest BCUT2D eigenvalue weighted by Gasteiger charge is 2.28. The lowest BCUT2D eigenvalue weighted by molar-refractivity contribution is -0.127. The van der Waals surface area contributed by atoms with Crippen LogP contribution in [0.4, 0.5) is 10.2 Å². The minimum Gasteiger partial charge on any atom is -0.337 e. The molecule has 10 nitrogen and oxygen atoms in total. The zero-order chi connectivity index (χ0) is 25.2. The number of halogens is 2. The predicted octanol–water partition coefficient (Wildman–Crippen LogP) is 3.68. The summed E-state index contributed by atoms with van der Waals surface area (Å²) in [5.41, 5.74) is 1.76. The summed E-state index contributed by atoms with van der Waals surface area (Å²) in [5, 5.41) is 8.27. The average molecular weight is 507 g/mol. The molecule has 1 aliphatic rings. The van der Waals surface area contributed by atoms with E-state index < -0.39 is 11.7 Å². The van der Waals surface area contributed by atoms with Gasteiger partial charge in [0.1, 0.15) is 5.69 Å². The van der Waals surface area contributed by atoms with Gasteiger partial charge >= 0.3 is 0 Å². The van der Waals surface area contributed by atoms with Crippen molar-refractivity contribution in [3.05, 3.63) is 72.4 Å². The van der Waals surface area contributed by atoms with E-state index in [-0.39, 0.29) is 23.6 Å². The van der Waals surface area contributed by atoms with Crippen LogP contribution in [0.25, 0.3) is 22.2 Å². The maximum Gasteiger partial charge on any atom is 0.294 e. The molecule has 0 aliphatic carbocycles. The van der Waals surface area contributed by atoms with E-state index in [9.17, 15) is 14.0 Å². The van der Waals surface area contributed by atoms with Gasteiger partial charge in [-0.05, 0) is 31.1 Å². The molecule has 0 bridgehead atoms. The fraction of sp³-hybridized carbons (Fsp3) is 0.208. The second-order valence-corrected chi connectivity index (χ2v) is 8.59. The molecular formula is C24H20ClFN8O2. The monoisotopic (exact) mass is 506 g/mol. The summed E-state index contributed by atoms with van der Waals surface area (Å²) in [7, 11) is 0. The van der Waals surface area contributed by atoms with Crippen molar-refractivity contribution in [2.45, 2.75) is 18.9 Å². The summed E-state index contributed by atoms with van der Waals surface area (Å²) in [6.45, 7) is 4.71. The summed E-state index contributed by atoms with van der Waals surface area (Å²) in [6.07, 6.45) is 10.4. The second kappa shape index (κ2) is 9.78. The van der Waals surface area contributed by atoms with Crippen molar-refractivity contribution in [2.24, 2.45) is 0 Å². The van der Waals surface area contributed by atoms with Crippen LogP contribution in [0.5, 0.6) is 0 Å². The molecule has 1 aliphatic heterocycles. The number of rotatable bonds is 5. The third-order valence-electron chi connectivity index (χ3n) is 5.91. The number of fused-ring (bicyclic) bond motifs is 1. The molecule has 1 N–H and O–H groups in total. The lowest BCUT2D eigenvalue weighted by Gasteiger charge is -2.32. The molecule has 0 saturated carbocycles. The van der Waals surface area contributed by atoms with Crippen LogP contribution in [0.15, 0.2) is 55.8 Å². The van der Waals surface area contributed by atoms with Crippen LogP contribution in [0.1, 0.15) is 29.5 Å². The number of nitrogens with one attached hydrogen (secondary N) is 1. The van der Waals surface area contributed by atoms with E-state index in [1.54, 1.807) is 17.3 Å². The quantitative estimate of drug-likeness (QED) is 0.410. The van der Waals surface area contributed by atoms with E-state index in [1.807, 2.05) is 4.68 Å². The zero-order valence-corrected chi connectivity index (χ0v) is 19.7. The Morgan fingerprint density at radius 1 is 1.19 bits per heavy atom. The Hall–Kier alpha value is -4.25. The molecule has 1 atom stereocenters. The van der Waals surface area contributed by atoms with Gasteiger partial charge in [0, 0.05) is 55.0 Å². The molecule has 182 valence electrons. The summed E-state index contributed by atoms with van der Waals surface area (Å²) < 4.78 is 15.6. The van der Waals surface area contributed by atoms with Crippen molar-refractivity contribution >= 4 is 40.1 Å². The Balaban J connectivity index is 1.47. The number of aromatic nitrogens is 6. The van der Waals surface area contributed by atoms with Gasteiger partial charge in [-0.1, -0.05) is 18.2 Å². The van der Waals surface area contributed by atoms with E-state index >= 15 is 0 Å². The molecule has 4 aromatic rings. The van der Waals surface area contributed by atoms with Gasteiger partial charge in [-0.2, -0.15) is 5.10 Å². The van der Waals surface area contributed by atoms with Crippen molar-refractivity contribution in [1.82, 2.24) is 34.6 Å².